The molecule has 6 heteroatoms. The Bertz CT molecular complexity index is 542. The van der Waals surface area contributed by atoms with E-state index >= 15 is 0 Å². The molecule has 0 aromatic heterocycles. The van der Waals surface area contributed by atoms with Crippen molar-refractivity contribution in [1.82, 2.24) is 9.80 Å². The van der Waals surface area contributed by atoms with Crippen molar-refractivity contribution in [2.45, 2.75) is 13.8 Å². The summed E-state index contributed by atoms with van der Waals surface area (Å²) in [5.41, 5.74) is 1.34. The van der Waals surface area contributed by atoms with E-state index in [0.717, 1.165) is 45.0 Å². The fraction of sp³-hybridized carbons (Fsp3) is 0.562. The van der Waals surface area contributed by atoms with Crippen molar-refractivity contribution in [2.75, 3.05) is 44.2 Å². The van der Waals surface area contributed by atoms with Gasteiger partial charge in [0.1, 0.15) is 0 Å². The Balaban J connectivity index is 0.00000176. The first-order chi connectivity index (χ1) is 9.94. The topological polar surface area (TPSA) is 26.8 Å². The summed E-state index contributed by atoms with van der Waals surface area (Å²) in [5, 5.41) is 0.668. The summed E-state index contributed by atoms with van der Waals surface area (Å²) in [6, 6.07) is 7.59. The number of halogens is 2. The molecule has 1 aromatic carbocycles. The summed E-state index contributed by atoms with van der Waals surface area (Å²) in [6.45, 7) is 10.1. The molecule has 0 atom stereocenters. The van der Waals surface area contributed by atoms with Gasteiger partial charge in [0.15, 0.2) is 0 Å². The van der Waals surface area contributed by atoms with Crippen LogP contribution in [0.5, 0.6) is 0 Å². The van der Waals surface area contributed by atoms with Gasteiger partial charge in [-0.05, 0) is 23.6 Å². The summed E-state index contributed by atoms with van der Waals surface area (Å²) < 4.78 is 0. The maximum absolute atomic E-state index is 12.5. The molecule has 0 saturated carbocycles. The van der Waals surface area contributed by atoms with Crippen LogP contribution in [-0.4, -0.2) is 55.1 Å². The van der Waals surface area contributed by atoms with Gasteiger partial charge in [0.25, 0.3) is 0 Å². The maximum atomic E-state index is 12.5. The van der Waals surface area contributed by atoms with Gasteiger partial charge in [-0.3, -0.25) is 4.90 Å². The third-order valence-corrected chi connectivity index (χ3v) is 4.44. The van der Waals surface area contributed by atoms with Crippen LogP contribution < -0.4 is 4.90 Å². The smallest absolute Gasteiger partial charge is 0.321 e. The van der Waals surface area contributed by atoms with Crippen molar-refractivity contribution in [3.05, 3.63) is 29.3 Å². The first kappa shape index (κ1) is 17.4. The van der Waals surface area contributed by atoms with Crippen LogP contribution in [0.4, 0.5) is 10.5 Å². The molecule has 2 aliphatic heterocycles. The third-order valence-electron chi connectivity index (χ3n) is 4.20. The number of anilines is 1. The minimum atomic E-state index is 0. The maximum Gasteiger partial charge on any atom is 0.324 e. The molecule has 1 aromatic rings. The highest BCUT2D eigenvalue weighted by molar-refractivity contribution is 6.30. The predicted octanol–water partition coefficient (Wildman–Crippen LogP) is 3.35. The SMILES string of the molecule is CC1(C)CN(CCN2CCN(c3cccc(Cl)c3)C2=O)C1.Cl. The summed E-state index contributed by atoms with van der Waals surface area (Å²) in [7, 11) is 0. The minimum Gasteiger partial charge on any atom is -0.321 e. The number of urea groups is 1. The highest BCUT2D eigenvalue weighted by Gasteiger charge is 2.35. The lowest BCUT2D eigenvalue weighted by atomic mass is 9.84. The van der Waals surface area contributed by atoms with Gasteiger partial charge in [-0.25, -0.2) is 4.79 Å². The summed E-state index contributed by atoms with van der Waals surface area (Å²) >= 11 is 6.00. The van der Waals surface area contributed by atoms with Crippen molar-refractivity contribution in [3.63, 3.8) is 0 Å². The third kappa shape index (κ3) is 3.67. The lowest BCUT2D eigenvalue weighted by Gasteiger charge is -2.46. The predicted molar refractivity (Wildman–Crippen MR) is 93.2 cm³/mol. The number of hydrogen-bond acceptors (Lipinski definition) is 2. The zero-order valence-electron chi connectivity index (χ0n) is 13.1. The number of benzene rings is 1. The molecule has 2 amide bonds. The van der Waals surface area contributed by atoms with E-state index in [2.05, 4.69) is 18.7 Å². The molecule has 2 heterocycles. The molecule has 2 fully saturated rings. The second kappa shape index (κ2) is 6.65. The number of rotatable bonds is 4. The van der Waals surface area contributed by atoms with E-state index in [0.29, 0.717) is 10.4 Å². The lowest BCUT2D eigenvalue weighted by Crippen LogP contribution is -2.54. The van der Waals surface area contributed by atoms with E-state index in [9.17, 15) is 4.79 Å². The molecule has 2 aliphatic rings. The van der Waals surface area contributed by atoms with E-state index in [-0.39, 0.29) is 18.4 Å². The van der Waals surface area contributed by atoms with Gasteiger partial charge in [0.05, 0.1) is 0 Å². The molecule has 4 nitrogen and oxygen atoms in total. The molecule has 0 aliphatic carbocycles. The largest absolute Gasteiger partial charge is 0.324 e. The summed E-state index contributed by atoms with van der Waals surface area (Å²) in [4.78, 5) is 18.6. The first-order valence-electron chi connectivity index (χ1n) is 7.49. The number of nitrogens with zero attached hydrogens (tertiary/aromatic N) is 3. The Morgan fingerprint density at radius 3 is 2.55 bits per heavy atom. The van der Waals surface area contributed by atoms with Crippen molar-refractivity contribution in [1.29, 1.82) is 0 Å². The van der Waals surface area contributed by atoms with Crippen molar-refractivity contribution >= 4 is 35.7 Å². The van der Waals surface area contributed by atoms with Gasteiger partial charge in [-0.1, -0.05) is 31.5 Å². The molecular formula is C16H23Cl2N3O. The van der Waals surface area contributed by atoms with Crippen LogP contribution in [-0.2, 0) is 0 Å². The summed E-state index contributed by atoms with van der Waals surface area (Å²) in [6.07, 6.45) is 0. The van der Waals surface area contributed by atoms with Gasteiger partial charge in [-0.2, -0.15) is 0 Å². The van der Waals surface area contributed by atoms with E-state index in [4.69, 9.17) is 11.6 Å². The van der Waals surface area contributed by atoms with Crippen LogP contribution in [0.2, 0.25) is 5.02 Å². The Hall–Kier alpha value is -0.970. The van der Waals surface area contributed by atoms with Crippen LogP contribution in [0.1, 0.15) is 13.8 Å². The molecular weight excluding hydrogens is 321 g/mol. The highest BCUT2D eigenvalue weighted by Crippen LogP contribution is 2.28. The van der Waals surface area contributed by atoms with Crippen LogP contribution in [0.25, 0.3) is 0 Å². The zero-order chi connectivity index (χ0) is 15.0. The quantitative estimate of drug-likeness (QED) is 0.838. The zero-order valence-corrected chi connectivity index (χ0v) is 14.7. The average molecular weight is 344 g/mol. The molecule has 0 radical (unpaired) electrons. The highest BCUT2D eigenvalue weighted by atomic mass is 35.5. The number of likely N-dealkylation sites (tertiary alicyclic amines) is 1. The second-order valence-corrected chi connectivity index (χ2v) is 7.21. The molecule has 0 bridgehead atoms. The van der Waals surface area contributed by atoms with Crippen molar-refractivity contribution in [3.8, 4) is 0 Å². The van der Waals surface area contributed by atoms with Crippen LogP contribution in [0.3, 0.4) is 0 Å². The van der Waals surface area contributed by atoms with E-state index in [1.807, 2.05) is 34.1 Å². The molecule has 122 valence electrons. The van der Waals surface area contributed by atoms with E-state index < -0.39 is 0 Å². The Labute approximate surface area is 143 Å². The monoisotopic (exact) mass is 343 g/mol. The normalized spacial score (nSPS) is 20.8. The number of carbonyl (C=O) groups is 1. The number of hydrogen-bond donors (Lipinski definition) is 0. The average Bonchev–Trinajstić information content (AvgIpc) is 2.75. The molecule has 0 unspecified atom stereocenters. The molecule has 3 rings (SSSR count). The molecule has 2 saturated heterocycles. The molecule has 0 spiro atoms. The van der Waals surface area contributed by atoms with Gasteiger partial charge in [-0.15, -0.1) is 12.4 Å². The first-order valence-corrected chi connectivity index (χ1v) is 7.87. The Morgan fingerprint density at radius 2 is 1.91 bits per heavy atom. The van der Waals surface area contributed by atoms with E-state index in [1.54, 1.807) is 0 Å². The van der Waals surface area contributed by atoms with Crippen molar-refractivity contribution in [2.24, 2.45) is 5.41 Å². The van der Waals surface area contributed by atoms with Gasteiger partial charge >= 0.3 is 6.03 Å². The van der Waals surface area contributed by atoms with Crippen LogP contribution >= 0.6 is 24.0 Å². The number of carbonyl (C=O) groups excluding carboxylic acids is 1. The van der Waals surface area contributed by atoms with Crippen LogP contribution in [0, 0.1) is 5.41 Å². The van der Waals surface area contributed by atoms with Gasteiger partial charge in [0, 0.05) is 50.0 Å². The summed E-state index contributed by atoms with van der Waals surface area (Å²) in [5.74, 6) is 0. The second-order valence-electron chi connectivity index (χ2n) is 6.78. The van der Waals surface area contributed by atoms with Crippen molar-refractivity contribution < 1.29 is 4.79 Å². The Kier molecular flexibility index (Phi) is 5.25. The van der Waals surface area contributed by atoms with E-state index in [1.165, 1.54) is 0 Å². The molecule has 22 heavy (non-hydrogen) atoms. The lowest BCUT2D eigenvalue weighted by molar-refractivity contribution is 0.0273. The molecule has 0 N–H and O–H groups in total. The van der Waals surface area contributed by atoms with Gasteiger partial charge < -0.3 is 9.80 Å². The van der Waals surface area contributed by atoms with Gasteiger partial charge in [0.2, 0.25) is 0 Å². The fourth-order valence-electron chi connectivity index (χ4n) is 3.26. The standard InChI is InChI=1S/C16H22ClN3O.ClH/c1-16(2)11-18(12-16)6-7-19-8-9-20(15(19)21)14-5-3-4-13(17)10-14;/h3-5,10H,6-9,11-12H2,1-2H3;1H. The Morgan fingerprint density at radius 1 is 1.18 bits per heavy atom. The number of amides is 2. The fourth-order valence-corrected chi connectivity index (χ4v) is 3.44. The minimum absolute atomic E-state index is 0. The van der Waals surface area contributed by atoms with Crippen LogP contribution in [0.15, 0.2) is 24.3 Å².